The number of fused-ring (bicyclic) bond motifs is 1. The molecule has 0 N–H and O–H groups in total. The van der Waals surface area contributed by atoms with Gasteiger partial charge in [0.25, 0.3) is 0 Å². The number of hydrogen-bond donors (Lipinski definition) is 0. The fourth-order valence-corrected chi connectivity index (χ4v) is 3.26. The van der Waals surface area contributed by atoms with E-state index in [0.29, 0.717) is 11.1 Å². The highest BCUT2D eigenvalue weighted by Crippen LogP contribution is 2.32. The molecule has 0 aliphatic carbocycles. The van der Waals surface area contributed by atoms with Crippen molar-refractivity contribution in [3.05, 3.63) is 46.4 Å². The van der Waals surface area contributed by atoms with E-state index in [1.165, 1.54) is 4.88 Å². The number of anilines is 2. The van der Waals surface area contributed by atoms with Crippen molar-refractivity contribution in [2.24, 2.45) is 0 Å². The van der Waals surface area contributed by atoms with Gasteiger partial charge in [-0.05, 0) is 24.6 Å². The maximum Gasteiger partial charge on any atom is 0.232 e. The topological polar surface area (TPSA) is 29.0 Å². The normalized spacial score (nSPS) is 10.9. The molecular weight excluding hydrogens is 290 g/mol. The molecule has 5 heteroatoms. The third kappa shape index (κ3) is 2.37. The Morgan fingerprint density at radius 3 is 2.65 bits per heavy atom. The van der Waals surface area contributed by atoms with Gasteiger partial charge in [-0.1, -0.05) is 36.7 Å². The van der Waals surface area contributed by atoms with Gasteiger partial charge in [-0.15, -0.1) is 11.3 Å². The first-order valence-electron chi connectivity index (χ1n) is 6.43. The minimum absolute atomic E-state index is 0.517. The number of nitrogens with zero attached hydrogens (tertiary/aromatic N) is 3. The minimum atomic E-state index is 0.517. The van der Waals surface area contributed by atoms with Gasteiger partial charge in [-0.25, -0.2) is 4.98 Å². The van der Waals surface area contributed by atoms with Crippen LogP contribution in [0, 0.1) is 0 Å². The number of halogens is 1. The number of para-hydroxylation sites is 1. The van der Waals surface area contributed by atoms with Gasteiger partial charge in [0.05, 0.1) is 0 Å². The van der Waals surface area contributed by atoms with E-state index in [-0.39, 0.29) is 0 Å². The van der Waals surface area contributed by atoms with Gasteiger partial charge in [0.15, 0.2) is 0 Å². The summed E-state index contributed by atoms with van der Waals surface area (Å²) in [6, 6.07) is 12.1. The summed E-state index contributed by atoms with van der Waals surface area (Å²) >= 11 is 7.97. The Balaban J connectivity index is 2.08. The van der Waals surface area contributed by atoms with Crippen LogP contribution in [0.3, 0.4) is 0 Å². The van der Waals surface area contributed by atoms with E-state index in [1.54, 1.807) is 11.3 Å². The van der Waals surface area contributed by atoms with Crippen LogP contribution in [0.4, 0.5) is 11.6 Å². The lowest BCUT2D eigenvalue weighted by molar-refractivity contribution is 1.07. The van der Waals surface area contributed by atoms with Crippen molar-refractivity contribution < 1.29 is 0 Å². The number of benzene rings is 1. The lowest BCUT2D eigenvalue weighted by Crippen LogP contribution is -2.12. The summed E-state index contributed by atoms with van der Waals surface area (Å²) in [5, 5.41) is 1.46. The van der Waals surface area contributed by atoms with E-state index in [2.05, 4.69) is 23.0 Å². The molecule has 3 nitrogen and oxygen atoms in total. The van der Waals surface area contributed by atoms with Gasteiger partial charge < -0.3 is 4.90 Å². The van der Waals surface area contributed by atoms with Gasteiger partial charge in [0.1, 0.15) is 9.98 Å². The van der Waals surface area contributed by atoms with E-state index in [4.69, 9.17) is 11.6 Å². The number of rotatable bonds is 3. The molecule has 3 rings (SSSR count). The SMILES string of the molecule is CCc1cc2c(Cl)nc(N(C)c3ccccc3)nc2s1. The Labute approximate surface area is 126 Å². The van der Waals surface area contributed by atoms with Gasteiger partial charge in [0, 0.05) is 23.0 Å². The molecule has 0 bridgehead atoms. The maximum absolute atomic E-state index is 6.29. The fourth-order valence-electron chi connectivity index (χ4n) is 2.02. The molecule has 0 amide bonds. The van der Waals surface area contributed by atoms with Crippen molar-refractivity contribution in [2.75, 3.05) is 11.9 Å². The van der Waals surface area contributed by atoms with E-state index < -0.39 is 0 Å². The summed E-state index contributed by atoms with van der Waals surface area (Å²) in [7, 11) is 1.95. The molecule has 0 unspecified atom stereocenters. The van der Waals surface area contributed by atoms with Crippen molar-refractivity contribution in [2.45, 2.75) is 13.3 Å². The highest BCUT2D eigenvalue weighted by atomic mass is 35.5. The molecule has 1 aromatic carbocycles. The molecule has 0 saturated heterocycles. The van der Waals surface area contributed by atoms with Crippen LogP contribution in [-0.4, -0.2) is 17.0 Å². The van der Waals surface area contributed by atoms with E-state index in [0.717, 1.165) is 22.3 Å². The monoisotopic (exact) mass is 303 g/mol. The van der Waals surface area contributed by atoms with Crippen LogP contribution in [0.25, 0.3) is 10.2 Å². The van der Waals surface area contributed by atoms with Crippen LogP contribution in [-0.2, 0) is 6.42 Å². The predicted molar refractivity (Wildman–Crippen MR) is 86.3 cm³/mol. The van der Waals surface area contributed by atoms with Crippen LogP contribution < -0.4 is 4.90 Å². The summed E-state index contributed by atoms with van der Waals surface area (Å²) in [5.74, 6) is 0.623. The molecule has 2 aromatic heterocycles. The average Bonchev–Trinajstić information content (AvgIpc) is 2.91. The Kier molecular flexibility index (Phi) is 3.59. The largest absolute Gasteiger partial charge is 0.314 e. The molecule has 0 fully saturated rings. The third-order valence-corrected chi connectivity index (χ3v) is 4.64. The fraction of sp³-hybridized carbons (Fsp3) is 0.200. The van der Waals surface area contributed by atoms with Crippen LogP contribution in [0.15, 0.2) is 36.4 Å². The summed E-state index contributed by atoms with van der Waals surface area (Å²) in [6.45, 7) is 2.13. The molecule has 0 aliphatic heterocycles. The maximum atomic E-state index is 6.29. The van der Waals surface area contributed by atoms with Crippen molar-refractivity contribution in [3.63, 3.8) is 0 Å². The van der Waals surface area contributed by atoms with E-state index >= 15 is 0 Å². The number of aromatic nitrogens is 2. The Morgan fingerprint density at radius 1 is 1.20 bits per heavy atom. The number of aryl methyl sites for hydroxylation is 1. The predicted octanol–water partition coefficient (Wildman–Crippen LogP) is 4.68. The molecular formula is C15H14ClN3S. The van der Waals surface area contributed by atoms with Crippen LogP contribution in [0.1, 0.15) is 11.8 Å². The Bertz CT molecular complexity index is 739. The summed E-state index contributed by atoms with van der Waals surface area (Å²) in [4.78, 5) is 13.2. The van der Waals surface area contributed by atoms with Crippen molar-refractivity contribution in [1.82, 2.24) is 9.97 Å². The average molecular weight is 304 g/mol. The Hall–Kier alpha value is -1.65. The highest BCUT2D eigenvalue weighted by molar-refractivity contribution is 7.18. The van der Waals surface area contributed by atoms with E-state index in [9.17, 15) is 0 Å². The quantitative estimate of drug-likeness (QED) is 0.658. The standard InChI is InChI=1S/C15H14ClN3S/c1-3-11-9-12-13(16)17-15(18-14(12)20-11)19(2)10-7-5-4-6-8-10/h4-9H,3H2,1-2H3. The van der Waals surface area contributed by atoms with Gasteiger partial charge >= 0.3 is 0 Å². The summed E-state index contributed by atoms with van der Waals surface area (Å²) < 4.78 is 0. The molecule has 102 valence electrons. The molecule has 0 atom stereocenters. The van der Waals surface area contributed by atoms with Crippen LogP contribution in [0.5, 0.6) is 0 Å². The molecule has 0 aliphatic rings. The lowest BCUT2D eigenvalue weighted by Gasteiger charge is -2.17. The second-order valence-electron chi connectivity index (χ2n) is 4.49. The van der Waals surface area contributed by atoms with Gasteiger partial charge in [-0.3, -0.25) is 0 Å². The zero-order chi connectivity index (χ0) is 14.1. The number of thiophene rings is 1. The molecule has 0 spiro atoms. The van der Waals surface area contributed by atoms with Crippen LogP contribution >= 0.6 is 22.9 Å². The first-order valence-corrected chi connectivity index (χ1v) is 7.63. The van der Waals surface area contributed by atoms with E-state index in [1.807, 2.05) is 42.3 Å². The second kappa shape index (κ2) is 5.38. The molecule has 3 aromatic rings. The highest BCUT2D eigenvalue weighted by Gasteiger charge is 2.13. The first kappa shape index (κ1) is 13.3. The third-order valence-electron chi connectivity index (χ3n) is 3.18. The summed E-state index contributed by atoms with van der Waals surface area (Å²) in [5.41, 5.74) is 1.04. The van der Waals surface area contributed by atoms with Crippen molar-refractivity contribution in [3.8, 4) is 0 Å². The van der Waals surface area contributed by atoms with Gasteiger partial charge in [-0.2, -0.15) is 4.98 Å². The molecule has 20 heavy (non-hydrogen) atoms. The van der Waals surface area contributed by atoms with Crippen LogP contribution in [0.2, 0.25) is 5.15 Å². The summed E-state index contributed by atoms with van der Waals surface area (Å²) in [6.07, 6.45) is 0.987. The van der Waals surface area contributed by atoms with Gasteiger partial charge in [0.2, 0.25) is 5.95 Å². The zero-order valence-corrected chi connectivity index (χ0v) is 12.9. The number of hydrogen-bond acceptors (Lipinski definition) is 4. The second-order valence-corrected chi connectivity index (χ2v) is 5.97. The molecule has 0 radical (unpaired) electrons. The zero-order valence-electron chi connectivity index (χ0n) is 11.3. The van der Waals surface area contributed by atoms with Crippen molar-refractivity contribution >= 4 is 44.8 Å². The molecule has 2 heterocycles. The minimum Gasteiger partial charge on any atom is -0.314 e. The Morgan fingerprint density at radius 2 is 1.95 bits per heavy atom. The molecule has 0 saturated carbocycles. The smallest absolute Gasteiger partial charge is 0.232 e. The lowest BCUT2D eigenvalue weighted by atomic mass is 10.3. The first-order chi connectivity index (χ1) is 9.69. The van der Waals surface area contributed by atoms with Crippen molar-refractivity contribution in [1.29, 1.82) is 0 Å².